The summed E-state index contributed by atoms with van der Waals surface area (Å²) < 4.78 is 11.1. The van der Waals surface area contributed by atoms with E-state index in [2.05, 4.69) is 10.3 Å². The van der Waals surface area contributed by atoms with E-state index in [1.165, 1.54) is 6.20 Å². The van der Waals surface area contributed by atoms with Crippen molar-refractivity contribution in [3.63, 3.8) is 0 Å². The summed E-state index contributed by atoms with van der Waals surface area (Å²) in [6.07, 6.45) is 1.51. The van der Waals surface area contributed by atoms with Gasteiger partial charge >= 0.3 is 0 Å². The maximum absolute atomic E-state index is 12.3. The van der Waals surface area contributed by atoms with E-state index in [0.717, 1.165) is 16.8 Å². The molecule has 2 aromatic rings. The van der Waals surface area contributed by atoms with Gasteiger partial charge in [0.05, 0.1) is 17.8 Å². The van der Waals surface area contributed by atoms with Crippen LogP contribution in [-0.2, 0) is 4.74 Å². The van der Waals surface area contributed by atoms with Crippen LogP contribution in [0.3, 0.4) is 0 Å². The first kappa shape index (κ1) is 18.9. The van der Waals surface area contributed by atoms with Crippen LogP contribution >= 0.6 is 0 Å². The molecule has 0 unspecified atom stereocenters. The topological polar surface area (TPSA) is 60.5 Å². The molecule has 2 rings (SSSR count). The van der Waals surface area contributed by atoms with Gasteiger partial charge in [0.25, 0.3) is 5.91 Å². The predicted octanol–water partition coefficient (Wildman–Crippen LogP) is 4.14. The van der Waals surface area contributed by atoms with E-state index < -0.39 is 0 Å². The van der Waals surface area contributed by atoms with Crippen molar-refractivity contribution >= 4 is 11.6 Å². The molecule has 0 aliphatic rings. The van der Waals surface area contributed by atoms with Gasteiger partial charge in [0.2, 0.25) is 5.88 Å². The molecule has 0 aliphatic heterocycles. The molecular formula is C20H26N2O3. The van der Waals surface area contributed by atoms with Crippen LogP contribution in [0.4, 0.5) is 5.69 Å². The molecule has 134 valence electrons. The number of ether oxygens (including phenoxy) is 2. The van der Waals surface area contributed by atoms with Crippen LogP contribution in [0.2, 0.25) is 0 Å². The van der Waals surface area contributed by atoms with Crippen LogP contribution in [0, 0.1) is 13.8 Å². The first-order valence-electron chi connectivity index (χ1n) is 8.36. The van der Waals surface area contributed by atoms with Crippen LogP contribution in [0.1, 0.15) is 42.3 Å². The number of amides is 1. The van der Waals surface area contributed by atoms with Gasteiger partial charge in [-0.2, -0.15) is 0 Å². The van der Waals surface area contributed by atoms with Gasteiger partial charge in [0.15, 0.2) is 0 Å². The Hall–Kier alpha value is -2.40. The van der Waals surface area contributed by atoms with Gasteiger partial charge in [-0.15, -0.1) is 0 Å². The van der Waals surface area contributed by atoms with E-state index >= 15 is 0 Å². The zero-order chi connectivity index (χ0) is 18.4. The number of aromatic nitrogens is 1. The molecule has 25 heavy (non-hydrogen) atoms. The number of carbonyl (C=O) groups excluding carboxylic acids is 1. The van der Waals surface area contributed by atoms with Crippen LogP contribution in [0.25, 0.3) is 0 Å². The van der Waals surface area contributed by atoms with E-state index in [9.17, 15) is 4.79 Å². The van der Waals surface area contributed by atoms with E-state index in [1.807, 2.05) is 52.8 Å². The Balaban J connectivity index is 1.90. The molecule has 1 heterocycles. The third-order valence-electron chi connectivity index (χ3n) is 3.51. The maximum Gasteiger partial charge on any atom is 0.257 e. The molecule has 0 fully saturated rings. The van der Waals surface area contributed by atoms with Crippen molar-refractivity contribution in [3.8, 4) is 5.88 Å². The Labute approximate surface area is 149 Å². The number of pyridine rings is 1. The standard InChI is InChI=1S/C20H26N2O3/c1-14-6-7-15(2)17(12-14)22-19(23)16-8-9-18(21-13-16)24-10-11-25-20(3,4)5/h6-9,12-13H,10-11H2,1-5H3,(H,22,23). The van der Waals surface area contributed by atoms with Crippen molar-refractivity contribution in [2.24, 2.45) is 0 Å². The fraction of sp³-hybridized carbons (Fsp3) is 0.400. The predicted molar refractivity (Wildman–Crippen MR) is 99.3 cm³/mol. The molecule has 1 aromatic heterocycles. The summed E-state index contributed by atoms with van der Waals surface area (Å²) in [4.78, 5) is 16.5. The number of benzene rings is 1. The lowest BCUT2D eigenvalue weighted by molar-refractivity contribution is -0.0168. The summed E-state index contributed by atoms with van der Waals surface area (Å²) >= 11 is 0. The van der Waals surface area contributed by atoms with Crippen LogP contribution in [0.15, 0.2) is 36.5 Å². The maximum atomic E-state index is 12.3. The summed E-state index contributed by atoms with van der Waals surface area (Å²) in [5.74, 6) is 0.282. The highest BCUT2D eigenvalue weighted by Crippen LogP contribution is 2.18. The minimum atomic E-state index is -0.191. The van der Waals surface area contributed by atoms with Gasteiger partial charge in [0, 0.05) is 18.0 Å². The Bertz CT molecular complexity index is 719. The monoisotopic (exact) mass is 342 g/mol. The van der Waals surface area contributed by atoms with Crippen LogP contribution < -0.4 is 10.1 Å². The van der Waals surface area contributed by atoms with Crippen molar-refractivity contribution in [1.29, 1.82) is 0 Å². The molecule has 1 amide bonds. The lowest BCUT2D eigenvalue weighted by Gasteiger charge is -2.19. The molecule has 0 radical (unpaired) electrons. The zero-order valence-electron chi connectivity index (χ0n) is 15.6. The molecule has 0 saturated carbocycles. The van der Waals surface area contributed by atoms with Crippen LogP contribution in [-0.4, -0.2) is 29.7 Å². The Morgan fingerprint density at radius 1 is 1.12 bits per heavy atom. The minimum Gasteiger partial charge on any atom is -0.475 e. The molecule has 0 spiro atoms. The van der Waals surface area contributed by atoms with Crippen LogP contribution in [0.5, 0.6) is 5.88 Å². The van der Waals surface area contributed by atoms with E-state index in [4.69, 9.17) is 9.47 Å². The highest BCUT2D eigenvalue weighted by Gasteiger charge is 2.11. The van der Waals surface area contributed by atoms with Gasteiger partial charge in [-0.25, -0.2) is 4.98 Å². The summed E-state index contributed by atoms with van der Waals surface area (Å²) in [5.41, 5.74) is 3.22. The van der Waals surface area contributed by atoms with Gasteiger partial charge in [-0.1, -0.05) is 12.1 Å². The molecular weight excluding hydrogens is 316 g/mol. The second-order valence-corrected chi connectivity index (χ2v) is 6.97. The Kier molecular flexibility index (Phi) is 6.15. The number of hydrogen-bond acceptors (Lipinski definition) is 4. The van der Waals surface area contributed by atoms with Crippen molar-refractivity contribution in [2.45, 2.75) is 40.2 Å². The SMILES string of the molecule is Cc1ccc(C)c(NC(=O)c2ccc(OCCOC(C)(C)C)nc2)c1. The molecule has 0 aliphatic carbocycles. The smallest absolute Gasteiger partial charge is 0.257 e. The Morgan fingerprint density at radius 2 is 1.88 bits per heavy atom. The van der Waals surface area contributed by atoms with E-state index in [0.29, 0.717) is 24.7 Å². The van der Waals surface area contributed by atoms with Crippen molar-refractivity contribution in [2.75, 3.05) is 18.5 Å². The fourth-order valence-corrected chi connectivity index (χ4v) is 2.16. The summed E-state index contributed by atoms with van der Waals surface area (Å²) in [5, 5.41) is 2.92. The van der Waals surface area contributed by atoms with Gasteiger partial charge in [0.1, 0.15) is 6.61 Å². The van der Waals surface area contributed by atoms with Gasteiger partial charge in [-0.05, 0) is 57.9 Å². The zero-order valence-corrected chi connectivity index (χ0v) is 15.6. The average molecular weight is 342 g/mol. The summed E-state index contributed by atoms with van der Waals surface area (Å²) in [7, 11) is 0. The number of aryl methyl sites for hydroxylation is 2. The lowest BCUT2D eigenvalue weighted by atomic mass is 10.1. The first-order chi connectivity index (χ1) is 11.7. The van der Waals surface area contributed by atoms with Gasteiger partial charge in [-0.3, -0.25) is 4.79 Å². The quantitative estimate of drug-likeness (QED) is 0.801. The average Bonchev–Trinajstić information content (AvgIpc) is 2.54. The largest absolute Gasteiger partial charge is 0.475 e. The highest BCUT2D eigenvalue weighted by molar-refractivity contribution is 6.04. The number of rotatable bonds is 6. The summed E-state index contributed by atoms with van der Waals surface area (Å²) in [6.45, 7) is 10.8. The van der Waals surface area contributed by atoms with Crippen molar-refractivity contribution in [3.05, 3.63) is 53.2 Å². The number of anilines is 1. The number of hydrogen-bond donors (Lipinski definition) is 1. The summed E-state index contributed by atoms with van der Waals surface area (Å²) in [6, 6.07) is 9.34. The normalized spacial score (nSPS) is 11.2. The second-order valence-electron chi connectivity index (χ2n) is 6.97. The minimum absolute atomic E-state index is 0.188. The molecule has 0 saturated heterocycles. The molecule has 0 atom stereocenters. The van der Waals surface area contributed by atoms with Crippen molar-refractivity contribution in [1.82, 2.24) is 4.98 Å². The Morgan fingerprint density at radius 3 is 2.52 bits per heavy atom. The number of carbonyl (C=O) groups is 1. The lowest BCUT2D eigenvalue weighted by Crippen LogP contribution is -2.22. The molecule has 5 heteroatoms. The van der Waals surface area contributed by atoms with E-state index in [1.54, 1.807) is 12.1 Å². The number of nitrogens with one attached hydrogen (secondary N) is 1. The fourth-order valence-electron chi connectivity index (χ4n) is 2.16. The highest BCUT2D eigenvalue weighted by atomic mass is 16.5. The number of nitrogens with zero attached hydrogens (tertiary/aromatic N) is 1. The van der Waals surface area contributed by atoms with E-state index in [-0.39, 0.29) is 11.5 Å². The third kappa shape index (κ3) is 6.19. The molecule has 5 nitrogen and oxygen atoms in total. The third-order valence-corrected chi connectivity index (χ3v) is 3.51. The first-order valence-corrected chi connectivity index (χ1v) is 8.36. The van der Waals surface area contributed by atoms with Crippen molar-refractivity contribution < 1.29 is 14.3 Å². The molecule has 0 bridgehead atoms. The second kappa shape index (κ2) is 8.12. The molecule has 1 aromatic carbocycles. The van der Waals surface area contributed by atoms with Gasteiger partial charge < -0.3 is 14.8 Å². The molecule has 1 N–H and O–H groups in total.